The van der Waals surface area contributed by atoms with E-state index in [9.17, 15) is 0 Å². The normalized spacial score (nSPS) is 20.1. The number of benzene rings is 1. The van der Waals surface area contributed by atoms with Gasteiger partial charge in [0, 0.05) is 55.7 Å². The van der Waals surface area contributed by atoms with Gasteiger partial charge in [0.1, 0.15) is 17.6 Å². The number of guanidine groups is 1. The molecule has 8 heteroatoms. The molecule has 7 nitrogen and oxygen atoms in total. The molecule has 1 fully saturated rings. The SMILES string of the molecule is CN=C(NCc1cc2c(cc1OC)CC(C)O2)NCC(c1cccs1)N1CCOCC1. The van der Waals surface area contributed by atoms with E-state index in [1.54, 1.807) is 25.5 Å². The van der Waals surface area contributed by atoms with Gasteiger partial charge in [0.05, 0.1) is 26.4 Å². The molecule has 0 spiro atoms. The van der Waals surface area contributed by atoms with Gasteiger partial charge in [-0.15, -0.1) is 11.3 Å². The molecule has 0 aliphatic carbocycles. The zero-order valence-electron chi connectivity index (χ0n) is 18.5. The van der Waals surface area contributed by atoms with Crippen LogP contribution >= 0.6 is 11.3 Å². The number of nitrogens with one attached hydrogen (secondary N) is 2. The number of hydrogen-bond donors (Lipinski definition) is 2. The first kappa shape index (κ1) is 21.9. The fourth-order valence-corrected chi connectivity index (χ4v) is 5.04. The van der Waals surface area contributed by atoms with E-state index in [1.807, 2.05) is 0 Å². The molecule has 2 atom stereocenters. The molecule has 3 heterocycles. The largest absolute Gasteiger partial charge is 0.496 e. The minimum atomic E-state index is 0.215. The van der Waals surface area contributed by atoms with Gasteiger partial charge < -0.3 is 24.8 Å². The van der Waals surface area contributed by atoms with Crippen molar-refractivity contribution in [3.05, 3.63) is 45.6 Å². The number of fused-ring (bicyclic) bond motifs is 1. The van der Waals surface area contributed by atoms with Crippen LogP contribution in [0.25, 0.3) is 0 Å². The molecule has 4 rings (SSSR count). The van der Waals surface area contributed by atoms with E-state index in [1.165, 1.54) is 10.4 Å². The number of morpholine rings is 1. The van der Waals surface area contributed by atoms with Gasteiger partial charge in [0.25, 0.3) is 0 Å². The van der Waals surface area contributed by atoms with Crippen LogP contribution in [-0.2, 0) is 17.7 Å². The molecule has 1 aromatic carbocycles. The van der Waals surface area contributed by atoms with Gasteiger partial charge in [-0.2, -0.15) is 0 Å². The first-order valence-electron chi connectivity index (χ1n) is 10.8. The van der Waals surface area contributed by atoms with Crippen LogP contribution in [0, 0.1) is 0 Å². The van der Waals surface area contributed by atoms with E-state index < -0.39 is 0 Å². The topological polar surface area (TPSA) is 67.4 Å². The third kappa shape index (κ3) is 5.31. The summed E-state index contributed by atoms with van der Waals surface area (Å²) in [5.74, 6) is 2.61. The number of nitrogens with zero attached hydrogens (tertiary/aromatic N) is 2. The monoisotopic (exact) mass is 444 g/mol. The lowest BCUT2D eigenvalue weighted by molar-refractivity contribution is 0.0177. The summed E-state index contributed by atoms with van der Waals surface area (Å²) >= 11 is 1.80. The molecular formula is C23H32N4O3S. The first-order valence-corrected chi connectivity index (χ1v) is 11.7. The van der Waals surface area contributed by atoms with Crippen molar-refractivity contribution in [2.24, 2.45) is 4.99 Å². The highest BCUT2D eigenvalue weighted by Crippen LogP contribution is 2.35. The van der Waals surface area contributed by atoms with E-state index in [0.29, 0.717) is 12.6 Å². The number of rotatable bonds is 7. The van der Waals surface area contributed by atoms with Crippen molar-refractivity contribution in [3.8, 4) is 11.5 Å². The van der Waals surface area contributed by atoms with Crippen molar-refractivity contribution in [3.63, 3.8) is 0 Å². The van der Waals surface area contributed by atoms with Crippen molar-refractivity contribution >= 4 is 17.3 Å². The third-order valence-electron chi connectivity index (χ3n) is 5.79. The molecule has 0 amide bonds. The highest BCUT2D eigenvalue weighted by atomic mass is 32.1. The molecule has 2 N–H and O–H groups in total. The molecular weight excluding hydrogens is 412 g/mol. The Labute approximate surface area is 188 Å². The van der Waals surface area contributed by atoms with Crippen LogP contribution in [0.15, 0.2) is 34.6 Å². The maximum atomic E-state index is 5.92. The van der Waals surface area contributed by atoms with Crippen molar-refractivity contribution < 1.29 is 14.2 Å². The summed E-state index contributed by atoms with van der Waals surface area (Å²) in [6.45, 7) is 6.94. The number of aliphatic imine (C=N–C) groups is 1. The molecule has 2 aromatic rings. The Morgan fingerprint density at radius 3 is 2.87 bits per heavy atom. The van der Waals surface area contributed by atoms with Crippen molar-refractivity contribution in [1.82, 2.24) is 15.5 Å². The zero-order valence-corrected chi connectivity index (χ0v) is 19.3. The van der Waals surface area contributed by atoms with Gasteiger partial charge in [0.15, 0.2) is 5.96 Å². The average molecular weight is 445 g/mol. The summed E-state index contributed by atoms with van der Waals surface area (Å²) in [6.07, 6.45) is 1.14. The molecule has 2 unspecified atom stereocenters. The van der Waals surface area contributed by atoms with E-state index in [2.05, 4.69) is 57.1 Å². The number of ether oxygens (including phenoxy) is 3. The highest BCUT2D eigenvalue weighted by molar-refractivity contribution is 7.10. The minimum absolute atomic E-state index is 0.215. The van der Waals surface area contributed by atoms with Crippen LogP contribution in [0.4, 0.5) is 0 Å². The lowest BCUT2D eigenvalue weighted by Gasteiger charge is -2.34. The third-order valence-corrected chi connectivity index (χ3v) is 6.76. The molecule has 1 aromatic heterocycles. The Kier molecular flexibility index (Phi) is 7.32. The molecule has 0 radical (unpaired) electrons. The standard InChI is InChI=1S/C23H32N4O3S/c1-16-11-17-12-20(28-3)18(13-21(17)30-16)14-25-23(24-2)26-15-19(22-5-4-10-31-22)27-6-8-29-9-7-27/h4-5,10,12-13,16,19H,6-9,11,14-15H2,1-3H3,(H2,24,25,26). The molecule has 0 saturated carbocycles. The summed E-state index contributed by atoms with van der Waals surface area (Å²) in [5.41, 5.74) is 2.26. The van der Waals surface area contributed by atoms with Gasteiger partial charge in [-0.05, 0) is 30.5 Å². The van der Waals surface area contributed by atoms with Gasteiger partial charge in [0.2, 0.25) is 0 Å². The van der Waals surface area contributed by atoms with E-state index in [4.69, 9.17) is 14.2 Å². The Morgan fingerprint density at radius 1 is 1.32 bits per heavy atom. The molecule has 2 aliphatic heterocycles. The fraction of sp³-hybridized carbons (Fsp3) is 0.522. The molecule has 1 saturated heterocycles. The maximum absolute atomic E-state index is 5.92. The fourth-order valence-electron chi connectivity index (χ4n) is 4.18. The lowest BCUT2D eigenvalue weighted by atomic mass is 10.1. The Hall–Kier alpha value is -2.29. The zero-order chi connectivity index (χ0) is 21.6. The van der Waals surface area contributed by atoms with Gasteiger partial charge in [-0.3, -0.25) is 9.89 Å². The Balaban J connectivity index is 1.39. The number of hydrogen-bond acceptors (Lipinski definition) is 6. The minimum Gasteiger partial charge on any atom is -0.496 e. The summed E-state index contributed by atoms with van der Waals surface area (Å²) < 4.78 is 17.1. The Bertz CT molecular complexity index is 881. The van der Waals surface area contributed by atoms with Crippen LogP contribution in [0.3, 0.4) is 0 Å². The quantitative estimate of drug-likeness (QED) is 0.506. The van der Waals surface area contributed by atoms with Crippen LogP contribution in [0.1, 0.15) is 29.0 Å². The van der Waals surface area contributed by atoms with Gasteiger partial charge in [-0.25, -0.2) is 0 Å². The molecule has 2 aliphatic rings. The molecule has 0 bridgehead atoms. The lowest BCUT2D eigenvalue weighted by Crippen LogP contribution is -2.46. The predicted octanol–water partition coefficient (Wildman–Crippen LogP) is 2.82. The second-order valence-electron chi connectivity index (χ2n) is 7.89. The maximum Gasteiger partial charge on any atom is 0.191 e. The highest BCUT2D eigenvalue weighted by Gasteiger charge is 2.24. The summed E-state index contributed by atoms with van der Waals surface area (Å²) in [5, 5.41) is 9.08. The summed E-state index contributed by atoms with van der Waals surface area (Å²) in [7, 11) is 3.51. The number of thiophene rings is 1. The summed E-state index contributed by atoms with van der Waals surface area (Å²) in [4.78, 5) is 8.27. The second kappa shape index (κ2) is 10.3. The Morgan fingerprint density at radius 2 is 2.16 bits per heavy atom. The number of methoxy groups -OCH3 is 1. The van der Waals surface area contributed by atoms with Crippen molar-refractivity contribution in [2.45, 2.75) is 32.0 Å². The van der Waals surface area contributed by atoms with Crippen LogP contribution in [0.5, 0.6) is 11.5 Å². The summed E-state index contributed by atoms with van der Waals surface area (Å²) in [6, 6.07) is 8.80. The first-order chi connectivity index (χ1) is 15.2. The van der Waals surface area contributed by atoms with Crippen molar-refractivity contribution in [2.75, 3.05) is 47.0 Å². The van der Waals surface area contributed by atoms with E-state index in [0.717, 1.165) is 62.3 Å². The average Bonchev–Trinajstić information content (AvgIpc) is 3.44. The van der Waals surface area contributed by atoms with Crippen molar-refractivity contribution in [1.29, 1.82) is 0 Å². The van der Waals surface area contributed by atoms with Crippen LogP contribution in [0.2, 0.25) is 0 Å². The second-order valence-corrected chi connectivity index (χ2v) is 8.87. The van der Waals surface area contributed by atoms with E-state index in [-0.39, 0.29) is 6.10 Å². The predicted molar refractivity (Wildman–Crippen MR) is 124 cm³/mol. The molecule has 31 heavy (non-hydrogen) atoms. The van der Waals surface area contributed by atoms with Crippen LogP contribution in [-0.4, -0.2) is 64.0 Å². The molecule has 168 valence electrons. The smallest absolute Gasteiger partial charge is 0.191 e. The van der Waals surface area contributed by atoms with Crippen LogP contribution < -0.4 is 20.1 Å². The van der Waals surface area contributed by atoms with Gasteiger partial charge in [-0.1, -0.05) is 6.07 Å². The van der Waals surface area contributed by atoms with Gasteiger partial charge >= 0.3 is 0 Å². The van der Waals surface area contributed by atoms with E-state index >= 15 is 0 Å².